The Morgan fingerprint density at radius 2 is 1.77 bits per heavy atom. The fourth-order valence-electron chi connectivity index (χ4n) is 5.05. The largest absolute Gasteiger partial charge is 0.391 e. The van der Waals surface area contributed by atoms with E-state index in [1.165, 1.54) is 5.56 Å². The third kappa shape index (κ3) is 5.39. The molecular formula is C24H32NO5P. The summed E-state index contributed by atoms with van der Waals surface area (Å²) in [7, 11) is -4.02. The van der Waals surface area contributed by atoms with Crippen LogP contribution in [0.5, 0.6) is 0 Å². The second-order valence-corrected chi connectivity index (χ2v) is 10.7. The van der Waals surface area contributed by atoms with Crippen LogP contribution in [0.15, 0.2) is 42.5 Å². The molecule has 1 heterocycles. The Hall–Kier alpha value is -1.69. The van der Waals surface area contributed by atoms with E-state index in [-0.39, 0.29) is 12.2 Å². The van der Waals surface area contributed by atoms with Crippen LogP contribution in [0.3, 0.4) is 0 Å². The standard InChI is InChI=1S/C24H32NO5P/c26-23-10-2-1-7-19-20(23)8-4-9-21(19)25-13-11-24(27)22(25)16-18-6-3-5-17(15-18)12-14-31(28,29)30/h3-6,8-9,15,22-24,26-27H,1-2,7,10-14,16H2,(H2,28,29,30). The summed E-state index contributed by atoms with van der Waals surface area (Å²) < 4.78 is 11.2. The van der Waals surface area contributed by atoms with E-state index in [1.807, 2.05) is 36.4 Å². The van der Waals surface area contributed by atoms with Gasteiger partial charge in [-0.2, -0.15) is 0 Å². The van der Waals surface area contributed by atoms with Gasteiger partial charge in [0.05, 0.1) is 24.4 Å². The Kier molecular flexibility index (Phi) is 6.85. The molecule has 1 saturated heterocycles. The van der Waals surface area contributed by atoms with Crippen LogP contribution in [-0.4, -0.2) is 44.9 Å². The molecule has 2 aromatic rings. The molecule has 0 radical (unpaired) electrons. The molecule has 0 saturated carbocycles. The molecule has 3 unspecified atom stereocenters. The molecule has 4 rings (SSSR count). The van der Waals surface area contributed by atoms with Crippen molar-refractivity contribution in [3.05, 3.63) is 64.7 Å². The molecular weight excluding hydrogens is 413 g/mol. The van der Waals surface area contributed by atoms with E-state index >= 15 is 0 Å². The van der Waals surface area contributed by atoms with Crippen LogP contribution in [-0.2, 0) is 23.8 Å². The second kappa shape index (κ2) is 9.43. The zero-order chi connectivity index (χ0) is 22.0. The van der Waals surface area contributed by atoms with E-state index in [2.05, 4.69) is 11.0 Å². The monoisotopic (exact) mass is 445 g/mol. The van der Waals surface area contributed by atoms with Gasteiger partial charge in [0.15, 0.2) is 0 Å². The van der Waals surface area contributed by atoms with E-state index in [0.717, 1.165) is 54.6 Å². The first-order valence-electron chi connectivity index (χ1n) is 11.2. The third-order valence-electron chi connectivity index (χ3n) is 6.65. The number of aliphatic hydroxyl groups is 2. The van der Waals surface area contributed by atoms with Crippen molar-refractivity contribution < 1.29 is 24.6 Å². The summed E-state index contributed by atoms with van der Waals surface area (Å²) in [6, 6.07) is 13.9. The van der Waals surface area contributed by atoms with Crippen molar-refractivity contribution >= 4 is 13.3 Å². The third-order valence-corrected chi connectivity index (χ3v) is 7.45. The van der Waals surface area contributed by atoms with E-state index < -0.39 is 19.8 Å². The molecule has 31 heavy (non-hydrogen) atoms. The highest BCUT2D eigenvalue weighted by Gasteiger charge is 2.35. The lowest BCUT2D eigenvalue weighted by molar-refractivity contribution is 0.164. The maximum atomic E-state index is 11.2. The van der Waals surface area contributed by atoms with Gasteiger partial charge in [0.2, 0.25) is 0 Å². The number of anilines is 1. The molecule has 6 nitrogen and oxygen atoms in total. The van der Waals surface area contributed by atoms with Crippen LogP contribution in [0.1, 0.15) is 54.0 Å². The number of nitrogens with zero attached hydrogens (tertiary/aromatic N) is 1. The predicted octanol–water partition coefficient (Wildman–Crippen LogP) is 3.35. The van der Waals surface area contributed by atoms with Crippen LogP contribution in [0.2, 0.25) is 0 Å². The van der Waals surface area contributed by atoms with Gasteiger partial charge in [0, 0.05) is 12.2 Å². The highest BCUT2D eigenvalue weighted by Crippen LogP contribution is 2.38. The Morgan fingerprint density at radius 1 is 1.00 bits per heavy atom. The predicted molar refractivity (Wildman–Crippen MR) is 121 cm³/mol. The van der Waals surface area contributed by atoms with Gasteiger partial charge in [0.25, 0.3) is 0 Å². The zero-order valence-corrected chi connectivity index (χ0v) is 18.6. The smallest absolute Gasteiger partial charge is 0.325 e. The van der Waals surface area contributed by atoms with Crippen molar-refractivity contribution in [3.63, 3.8) is 0 Å². The van der Waals surface area contributed by atoms with Gasteiger partial charge in [0.1, 0.15) is 0 Å². The van der Waals surface area contributed by atoms with Gasteiger partial charge < -0.3 is 24.9 Å². The summed E-state index contributed by atoms with van der Waals surface area (Å²) >= 11 is 0. The second-order valence-electron chi connectivity index (χ2n) is 8.89. The zero-order valence-electron chi connectivity index (χ0n) is 17.7. The molecule has 1 fully saturated rings. The molecule has 0 amide bonds. The Morgan fingerprint density at radius 3 is 2.58 bits per heavy atom. The Labute approximate surface area is 183 Å². The Bertz CT molecular complexity index is 959. The van der Waals surface area contributed by atoms with Gasteiger partial charge >= 0.3 is 7.60 Å². The molecule has 7 heteroatoms. The number of fused-ring (bicyclic) bond motifs is 1. The van der Waals surface area contributed by atoms with Crippen molar-refractivity contribution in [2.45, 2.75) is 63.2 Å². The summed E-state index contributed by atoms with van der Waals surface area (Å²) in [5, 5.41) is 21.4. The quantitative estimate of drug-likeness (QED) is 0.402. The first-order chi connectivity index (χ1) is 14.8. The van der Waals surface area contributed by atoms with Crippen LogP contribution in [0.4, 0.5) is 5.69 Å². The van der Waals surface area contributed by atoms with Crippen LogP contribution < -0.4 is 4.90 Å². The summed E-state index contributed by atoms with van der Waals surface area (Å²) in [6.45, 7) is 0.774. The van der Waals surface area contributed by atoms with Crippen LogP contribution in [0.25, 0.3) is 0 Å². The maximum Gasteiger partial charge on any atom is 0.325 e. The molecule has 0 bridgehead atoms. The molecule has 0 spiro atoms. The van der Waals surface area contributed by atoms with Gasteiger partial charge in [-0.1, -0.05) is 42.8 Å². The topological polar surface area (TPSA) is 101 Å². The number of hydrogen-bond donors (Lipinski definition) is 4. The molecule has 4 N–H and O–H groups in total. The van der Waals surface area contributed by atoms with Crippen molar-refractivity contribution in [1.82, 2.24) is 0 Å². The average Bonchev–Trinajstić information content (AvgIpc) is 2.97. The van der Waals surface area contributed by atoms with Crippen LogP contribution in [0, 0.1) is 0 Å². The van der Waals surface area contributed by atoms with Gasteiger partial charge in [-0.05, 0) is 66.8 Å². The molecule has 1 aliphatic heterocycles. The van der Waals surface area contributed by atoms with Crippen molar-refractivity contribution in [2.75, 3.05) is 17.6 Å². The summed E-state index contributed by atoms with van der Waals surface area (Å²) in [6.07, 6.45) is 4.49. The summed E-state index contributed by atoms with van der Waals surface area (Å²) in [4.78, 5) is 20.6. The number of hydrogen-bond acceptors (Lipinski definition) is 4. The minimum absolute atomic E-state index is 0.0658. The minimum Gasteiger partial charge on any atom is -0.391 e. The van der Waals surface area contributed by atoms with E-state index in [1.54, 1.807) is 0 Å². The highest BCUT2D eigenvalue weighted by molar-refractivity contribution is 7.51. The fraction of sp³-hybridized carbons (Fsp3) is 0.500. The molecule has 3 atom stereocenters. The lowest BCUT2D eigenvalue weighted by Gasteiger charge is -2.31. The number of aliphatic hydroxyl groups excluding tert-OH is 2. The average molecular weight is 445 g/mol. The molecule has 0 aromatic heterocycles. The van der Waals surface area contributed by atoms with Gasteiger partial charge in [-0.15, -0.1) is 0 Å². The lowest BCUT2D eigenvalue weighted by atomic mass is 9.96. The van der Waals surface area contributed by atoms with Gasteiger partial charge in [-0.25, -0.2) is 0 Å². The maximum absolute atomic E-state index is 11.2. The van der Waals surface area contributed by atoms with Crippen molar-refractivity contribution in [2.24, 2.45) is 0 Å². The van der Waals surface area contributed by atoms with Crippen LogP contribution >= 0.6 is 7.60 Å². The van der Waals surface area contributed by atoms with Gasteiger partial charge in [-0.3, -0.25) is 4.57 Å². The number of rotatable bonds is 6. The summed E-state index contributed by atoms with van der Waals surface area (Å²) in [5.74, 6) is 0. The highest BCUT2D eigenvalue weighted by atomic mass is 31.2. The SMILES string of the molecule is O=P(O)(O)CCc1cccc(CC2C(O)CCN2c2cccc3c2CCCCC3O)c1. The normalized spacial score (nSPS) is 24.1. The number of aryl methyl sites for hydroxylation is 1. The first-order valence-corrected chi connectivity index (χ1v) is 13.0. The molecule has 2 aromatic carbocycles. The number of benzene rings is 2. The molecule has 1 aliphatic carbocycles. The van der Waals surface area contributed by atoms with E-state index in [4.69, 9.17) is 9.79 Å². The first kappa shape index (κ1) is 22.5. The Balaban J connectivity index is 1.57. The molecule has 168 valence electrons. The fourth-order valence-corrected chi connectivity index (χ4v) is 5.60. The van der Waals surface area contributed by atoms with Crippen molar-refractivity contribution in [3.8, 4) is 0 Å². The molecule has 2 aliphatic rings. The van der Waals surface area contributed by atoms with E-state index in [0.29, 0.717) is 19.3 Å². The lowest BCUT2D eigenvalue weighted by Crippen LogP contribution is -2.37. The van der Waals surface area contributed by atoms with Crippen molar-refractivity contribution in [1.29, 1.82) is 0 Å². The minimum atomic E-state index is -4.02. The summed E-state index contributed by atoms with van der Waals surface area (Å²) in [5.41, 5.74) is 5.31. The van der Waals surface area contributed by atoms with E-state index in [9.17, 15) is 14.8 Å².